The summed E-state index contributed by atoms with van der Waals surface area (Å²) in [6, 6.07) is 3.77. The first-order valence-corrected chi connectivity index (χ1v) is 6.17. The summed E-state index contributed by atoms with van der Waals surface area (Å²) in [5.41, 5.74) is -0.221. The molecule has 0 bridgehead atoms. The van der Waals surface area contributed by atoms with Gasteiger partial charge < -0.3 is 19.8 Å². The number of guanidine groups is 1. The number of nitrogens with one attached hydrogen (secondary N) is 2. The molecule has 0 aromatic carbocycles. The fourth-order valence-corrected chi connectivity index (χ4v) is 1.27. The summed E-state index contributed by atoms with van der Waals surface area (Å²) in [6.07, 6.45) is 1.65. The van der Waals surface area contributed by atoms with Crippen molar-refractivity contribution >= 4 is 29.9 Å². The topological polar surface area (TPSA) is 58.8 Å². The summed E-state index contributed by atoms with van der Waals surface area (Å²) in [6.45, 7) is 8.11. The van der Waals surface area contributed by atoms with Crippen molar-refractivity contribution in [2.24, 2.45) is 4.99 Å². The summed E-state index contributed by atoms with van der Waals surface area (Å²) >= 11 is 0. The van der Waals surface area contributed by atoms with Crippen LogP contribution >= 0.6 is 24.0 Å². The molecule has 6 heteroatoms. The second-order valence-electron chi connectivity index (χ2n) is 4.59. The van der Waals surface area contributed by atoms with Crippen molar-refractivity contribution < 1.29 is 9.15 Å². The monoisotopic (exact) mass is 381 g/mol. The van der Waals surface area contributed by atoms with E-state index in [-0.39, 0.29) is 29.6 Å². The van der Waals surface area contributed by atoms with Crippen LogP contribution in [0.25, 0.3) is 0 Å². The lowest BCUT2D eigenvalue weighted by Gasteiger charge is -2.24. The molecule has 1 rings (SSSR count). The standard InChI is InChI=1S/C13H23N3O2.HI/c1-5-14-12(16-10-13(2,3)17-4)15-9-11-7-6-8-18-11;/h6-8H,5,9-10H2,1-4H3,(H2,14,15,16);1H. The molecule has 0 saturated heterocycles. The second kappa shape index (κ2) is 9.19. The predicted octanol–water partition coefficient (Wildman–Crippen LogP) is 2.38. The molecule has 0 aliphatic rings. The van der Waals surface area contributed by atoms with Gasteiger partial charge in [0.15, 0.2) is 5.96 Å². The Morgan fingerprint density at radius 3 is 2.68 bits per heavy atom. The van der Waals surface area contributed by atoms with E-state index in [0.29, 0.717) is 13.1 Å². The molecular formula is C13H24IN3O2. The van der Waals surface area contributed by atoms with Crippen molar-refractivity contribution in [1.29, 1.82) is 0 Å². The smallest absolute Gasteiger partial charge is 0.191 e. The van der Waals surface area contributed by atoms with Gasteiger partial charge >= 0.3 is 0 Å². The molecule has 0 aliphatic carbocycles. The fraction of sp³-hybridized carbons (Fsp3) is 0.615. The molecule has 0 atom stereocenters. The third-order valence-electron chi connectivity index (χ3n) is 2.55. The van der Waals surface area contributed by atoms with Crippen LogP contribution in [0.4, 0.5) is 0 Å². The molecular weight excluding hydrogens is 357 g/mol. The molecule has 0 saturated carbocycles. The van der Waals surface area contributed by atoms with Gasteiger partial charge in [0.2, 0.25) is 0 Å². The normalized spacial score (nSPS) is 11.9. The lowest BCUT2D eigenvalue weighted by atomic mass is 10.1. The highest BCUT2D eigenvalue weighted by atomic mass is 127. The maximum Gasteiger partial charge on any atom is 0.191 e. The molecule has 1 aromatic heterocycles. The Morgan fingerprint density at radius 2 is 2.16 bits per heavy atom. The van der Waals surface area contributed by atoms with Gasteiger partial charge in [-0.05, 0) is 32.9 Å². The van der Waals surface area contributed by atoms with Gasteiger partial charge in [0.05, 0.1) is 11.9 Å². The van der Waals surface area contributed by atoms with Gasteiger partial charge in [0, 0.05) is 20.2 Å². The Bertz CT molecular complexity index is 364. The van der Waals surface area contributed by atoms with Crippen LogP contribution in [0.15, 0.2) is 27.8 Å². The molecule has 0 amide bonds. The van der Waals surface area contributed by atoms with Gasteiger partial charge in [-0.3, -0.25) is 0 Å². The first-order chi connectivity index (χ1) is 8.57. The van der Waals surface area contributed by atoms with Crippen LogP contribution in [-0.4, -0.2) is 31.8 Å². The average molecular weight is 381 g/mol. The Balaban J connectivity index is 0.00000324. The van der Waals surface area contributed by atoms with E-state index in [0.717, 1.165) is 18.3 Å². The van der Waals surface area contributed by atoms with E-state index in [1.54, 1.807) is 13.4 Å². The molecule has 19 heavy (non-hydrogen) atoms. The molecule has 2 N–H and O–H groups in total. The van der Waals surface area contributed by atoms with Crippen LogP contribution in [0.5, 0.6) is 0 Å². The maximum absolute atomic E-state index is 5.35. The third-order valence-corrected chi connectivity index (χ3v) is 2.55. The van der Waals surface area contributed by atoms with E-state index >= 15 is 0 Å². The second-order valence-corrected chi connectivity index (χ2v) is 4.59. The first-order valence-electron chi connectivity index (χ1n) is 6.17. The summed E-state index contributed by atoms with van der Waals surface area (Å²) in [5, 5.41) is 6.43. The Labute approximate surface area is 132 Å². The summed E-state index contributed by atoms with van der Waals surface area (Å²) < 4.78 is 10.6. The summed E-state index contributed by atoms with van der Waals surface area (Å²) in [5.74, 6) is 1.61. The molecule has 0 radical (unpaired) electrons. The van der Waals surface area contributed by atoms with Crippen LogP contribution in [0, 0.1) is 0 Å². The highest BCUT2D eigenvalue weighted by molar-refractivity contribution is 14.0. The zero-order chi connectivity index (χ0) is 13.4. The quantitative estimate of drug-likeness (QED) is 0.451. The van der Waals surface area contributed by atoms with Gasteiger partial charge in [-0.25, -0.2) is 4.99 Å². The third kappa shape index (κ3) is 7.41. The Hall–Kier alpha value is -0.760. The minimum absolute atomic E-state index is 0. The highest BCUT2D eigenvalue weighted by Gasteiger charge is 2.16. The number of nitrogens with zero attached hydrogens (tertiary/aromatic N) is 1. The number of hydrogen-bond acceptors (Lipinski definition) is 3. The Kier molecular flexibility index (Phi) is 8.82. The number of halogens is 1. The van der Waals surface area contributed by atoms with E-state index < -0.39 is 0 Å². The highest BCUT2D eigenvalue weighted by Crippen LogP contribution is 2.05. The van der Waals surface area contributed by atoms with Gasteiger partial charge in [0.25, 0.3) is 0 Å². The van der Waals surface area contributed by atoms with E-state index in [1.165, 1.54) is 0 Å². The van der Waals surface area contributed by atoms with Crippen LogP contribution in [-0.2, 0) is 11.3 Å². The molecule has 1 aromatic rings. The van der Waals surface area contributed by atoms with E-state index in [1.807, 2.05) is 32.9 Å². The number of rotatable bonds is 6. The van der Waals surface area contributed by atoms with Crippen LogP contribution < -0.4 is 10.6 Å². The van der Waals surface area contributed by atoms with Gasteiger partial charge in [-0.15, -0.1) is 24.0 Å². The molecule has 0 aliphatic heterocycles. The molecule has 0 spiro atoms. The van der Waals surface area contributed by atoms with Crippen molar-refractivity contribution in [1.82, 2.24) is 10.6 Å². The largest absolute Gasteiger partial charge is 0.467 e. The number of methoxy groups -OCH3 is 1. The van der Waals surface area contributed by atoms with Crippen molar-refractivity contribution in [3.8, 4) is 0 Å². The fourth-order valence-electron chi connectivity index (χ4n) is 1.27. The molecule has 5 nitrogen and oxygen atoms in total. The van der Waals surface area contributed by atoms with E-state index in [4.69, 9.17) is 9.15 Å². The first kappa shape index (κ1) is 18.2. The van der Waals surface area contributed by atoms with Crippen LogP contribution in [0.2, 0.25) is 0 Å². The van der Waals surface area contributed by atoms with Crippen LogP contribution in [0.1, 0.15) is 26.5 Å². The number of ether oxygens (including phenoxy) is 1. The summed E-state index contributed by atoms with van der Waals surface area (Å²) in [7, 11) is 1.70. The van der Waals surface area contributed by atoms with E-state index in [2.05, 4.69) is 15.6 Å². The number of furan rings is 1. The molecule has 110 valence electrons. The van der Waals surface area contributed by atoms with Crippen molar-refractivity contribution in [3.63, 3.8) is 0 Å². The van der Waals surface area contributed by atoms with Crippen molar-refractivity contribution in [3.05, 3.63) is 24.2 Å². The molecule has 0 unspecified atom stereocenters. The maximum atomic E-state index is 5.35. The van der Waals surface area contributed by atoms with Gasteiger partial charge in [-0.1, -0.05) is 0 Å². The van der Waals surface area contributed by atoms with Crippen molar-refractivity contribution in [2.75, 3.05) is 20.2 Å². The van der Waals surface area contributed by atoms with Gasteiger partial charge in [-0.2, -0.15) is 0 Å². The lowest BCUT2D eigenvalue weighted by Crippen LogP contribution is -2.45. The lowest BCUT2D eigenvalue weighted by molar-refractivity contribution is 0.0268. The molecule has 0 fully saturated rings. The summed E-state index contributed by atoms with van der Waals surface area (Å²) in [4.78, 5) is 4.44. The minimum atomic E-state index is -0.221. The van der Waals surface area contributed by atoms with E-state index in [9.17, 15) is 0 Å². The van der Waals surface area contributed by atoms with Crippen LogP contribution in [0.3, 0.4) is 0 Å². The minimum Gasteiger partial charge on any atom is -0.467 e. The zero-order valence-electron chi connectivity index (χ0n) is 12.0. The molecule has 1 heterocycles. The van der Waals surface area contributed by atoms with Crippen molar-refractivity contribution in [2.45, 2.75) is 32.9 Å². The SMILES string of the molecule is CCNC(=NCc1ccco1)NCC(C)(C)OC.I. The van der Waals surface area contributed by atoms with Gasteiger partial charge in [0.1, 0.15) is 12.3 Å². The average Bonchev–Trinajstić information content (AvgIpc) is 2.86. The zero-order valence-corrected chi connectivity index (χ0v) is 14.4. The predicted molar refractivity (Wildman–Crippen MR) is 88.0 cm³/mol. The Morgan fingerprint density at radius 1 is 1.42 bits per heavy atom. The number of hydrogen-bond donors (Lipinski definition) is 2. The number of aliphatic imine (C=N–C) groups is 1.